The third kappa shape index (κ3) is 7.23. The van der Waals surface area contributed by atoms with Crippen molar-refractivity contribution in [2.75, 3.05) is 0 Å². The van der Waals surface area contributed by atoms with E-state index in [1.54, 1.807) is 12.1 Å². The number of benzene rings is 2. The number of rotatable bonds is 5. The number of carbonyl (C=O) groups excluding carboxylic acids is 2. The molecule has 2 amide bonds. The third-order valence-electron chi connectivity index (χ3n) is 3.33. The van der Waals surface area contributed by atoms with Crippen LogP contribution in [-0.4, -0.2) is 16.9 Å². The number of aryl methyl sites for hydroxylation is 1. The highest BCUT2D eigenvalue weighted by Crippen LogP contribution is 2.04. The number of carbonyl (C=O) groups is 2. The second-order valence-corrected chi connectivity index (χ2v) is 5.77. The summed E-state index contributed by atoms with van der Waals surface area (Å²) in [7, 11) is 0. The van der Waals surface area contributed by atoms with E-state index in [-0.39, 0.29) is 23.3 Å². The average molecular weight is 371 g/mol. The number of hydrogen-bond acceptors (Lipinski definition) is 3. The molecular weight excluding hydrogens is 353 g/mol. The molecule has 26 heavy (non-hydrogen) atoms. The lowest BCUT2D eigenvalue weighted by Crippen LogP contribution is -2.48. The predicted molar refractivity (Wildman–Crippen MR) is 102 cm³/mol. The highest BCUT2D eigenvalue weighted by molar-refractivity contribution is 7.80. The molecule has 5 nitrogen and oxygen atoms in total. The van der Waals surface area contributed by atoms with E-state index in [1.807, 2.05) is 30.3 Å². The molecule has 3 N–H and O–H groups in total. The van der Waals surface area contributed by atoms with Gasteiger partial charge in [0, 0.05) is 12.5 Å². The van der Waals surface area contributed by atoms with E-state index < -0.39 is 5.91 Å². The summed E-state index contributed by atoms with van der Waals surface area (Å²) >= 11 is 4.93. The van der Waals surface area contributed by atoms with Gasteiger partial charge in [-0.3, -0.25) is 25.8 Å². The van der Waals surface area contributed by atoms with Crippen molar-refractivity contribution in [2.24, 2.45) is 0 Å². The minimum Gasteiger partial charge on any atom is -0.298 e. The molecule has 7 heteroatoms. The summed E-state index contributed by atoms with van der Waals surface area (Å²) in [6.07, 6.45) is 3.68. The van der Waals surface area contributed by atoms with Crippen LogP contribution in [-0.2, 0) is 16.0 Å². The van der Waals surface area contributed by atoms with E-state index in [2.05, 4.69) is 16.2 Å². The molecule has 2 aromatic rings. The molecule has 0 atom stereocenters. The Morgan fingerprint density at radius 1 is 1.00 bits per heavy atom. The molecule has 0 spiro atoms. The van der Waals surface area contributed by atoms with E-state index in [4.69, 9.17) is 12.2 Å². The first-order valence-corrected chi connectivity index (χ1v) is 8.31. The standard InChI is InChI=1S/C19H18FN3O2S/c20-16-10-6-15(7-11-16)8-12-17(24)21-19(26)23-22-18(25)13-9-14-4-2-1-3-5-14/h1-8,10-12H,9,13H2,(H,22,25)(H2,21,23,24,26)/b12-8+. The summed E-state index contributed by atoms with van der Waals surface area (Å²) in [5.74, 6) is -1.06. The fourth-order valence-electron chi connectivity index (χ4n) is 2.02. The van der Waals surface area contributed by atoms with Gasteiger partial charge < -0.3 is 0 Å². The van der Waals surface area contributed by atoms with Gasteiger partial charge in [0.15, 0.2) is 5.11 Å². The fourth-order valence-corrected chi connectivity index (χ4v) is 2.17. The molecule has 0 fully saturated rings. The molecule has 0 saturated heterocycles. The Labute approximate surface area is 156 Å². The Bertz CT molecular complexity index is 792. The maximum Gasteiger partial charge on any atom is 0.250 e. The molecule has 2 rings (SSSR count). The van der Waals surface area contributed by atoms with Gasteiger partial charge in [-0.25, -0.2) is 4.39 Å². The van der Waals surface area contributed by atoms with Gasteiger partial charge in [-0.05, 0) is 48.0 Å². The molecule has 0 unspecified atom stereocenters. The van der Waals surface area contributed by atoms with Gasteiger partial charge in [-0.15, -0.1) is 0 Å². The SMILES string of the molecule is O=C(/C=C/c1ccc(F)cc1)NC(=S)NNC(=O)CCc1ccccc1. The Morgan fingerprint density at radius 2 is 1.69 bits per heavy atom. The van der Waals surface area contributed by atoms with Crippen LogP contribution in [0.25, 0.3) is 6.08 Å². The number of thiocarbonyl (C=S) groups is 1. The molecule has 0 aromatic heterocycles. The van der Waals surface area contributed by atoms with E-state index in [1.165, 1.54) is 24.3 Å². The second-order valence-electron chi connectivity index (χ2n) is 5.36. The first-order valence-electron chi connectivity index (χ1n) is 7.90. The maximum absolute atomic E-state index is 12.8. The van der Waals surface area contributed by atoms with Gasteiger partial charge in [-0.1, -0.05) is 42.5 Å². The zero-order valence-electron chi connectivity index (χ0n) is 13.9. The predicted octanol–water partition coefficient (Wildman–Crippen LogP) is 2.49. The zero-order valence-corrected chi connectivity index (χ0v) is 14.7. The third-order valence-corrected chi connectivity index (χ3v) is 3.54. The van der Waals surface area contributed by atoms with E-state index in [0.29, 0.717) is 12.0 Å². The summed E-state index contributed by atoms with van der Waals surface area (Å²) in [5.41, 5.74) is 6.63. The smallest absolute Gasteiger partial charge is 0.250 e. The van der Waals surface area contributed by atoms with E-state index in [0.717, 1.165) is 5.56 Å². The minimum atomic E-state index is -0.467. The van der Waals surface area contributed by atoms with Crippen molar-refractivity contribution >= 4 is 35.2 Å². The highest BCUT2D eigenvalue weighted by atomic mass is 32.1. The molecule has 0 bridgehead atoms. The first-order chi connectivity index (χ1) is 12.5. The Hall–Kier alpha value is -3.06. The van der Waals surface area contributed by atoms with Gasteiger partial charge in [0.25, 0.3) is 0 Å². The van der Waals surface area contributed by atoms with Crippen LogP contribution >= 0.6 is 12.2 Å². The van der Waals surface area contributed by atoms with Crippen LogP contribution in [0.15, 0.2) is 60.7 Å². The van der Waals surface area contributed by atoms with Crippen LogP contribution in [0, 0.1) is 5.82 Å². The van der Waals surface area contributed by atoms with Crippen molar-refractivity contribution in [3.05, 3.63) is 77.6 Å². The molecule has 2 aromatic carbocycles. The largest absolute Gasteiger partial charge is 0.298 e. The normalized spacial score (nSPS) is 10.3. The number of hydrogen-bond donors (Lipinski definition) is 3. The van der Waals surface area contributed by atoms with Crippen LogP contribution in [0.4, 0.5) is 4.39 Å². The van der Waals surface area contributed by atoms with Crippen LogP contribution in [0.3, 0.4) is 0 Å². The van der Waals surface area contributed by atoms with Crippen LogP contribution in [0.2, 0.25) is 0 Å². The Morgan fingerprint density at radius 3 is 2.38 bits per heavy atom. The van der Waals surface area contributed by atoms with E-state index >= 15 is 0 Å². The van der Waals surface area contributed by atoms with Crippen molar-refractivity contribution in [3.63, 3.8) is 0 Å². The first kappa shape index (κ1) is 19.3. The van der Waals surface area contributed by atoms with Crippen molar-refractivity contribution in [1.29, 1.82) is 0 Å². The molecule has 0 aliphatic rings. The second kappa shape index (κ2) is 10.0. The lowest BCUT2D eigenvalue weighted by atomic mass is 10.1. The summed E-state index contributed by atoms with van der Waals surface area (Å²) in [6, 6.07) is 15.3. The molecule has 0 aliphatic carbocycles. The van der Waals surface area contributed by atoms with Crippen LogP contribution in [0.5, 0.6) is 0 Å². The van der Waals surface area contributed by atoms with Crippen molar-refractivity contribution < 1.29 is 14.0 Å². The minimum absolute atomic E-state index is 0.0215. The maximum atomic E-state index is 12.8. The molecule has 0 saturated carbocycles. The summed E-state index contributed by atoms with van der Waals surface area (Å²) < 4.78 is 12.8. The molecule has 0 heterocycles. The highest BCUT2D eigenvalue weighted by Gasteiger charge is 2.04. The topological polar surface area (TPSA) is 70.2 Å². The van der Waals surface area contributed by atoms with Crippen LogP contribution < -0.4 is 16.2 Å². The van der Waals surface area contributed by atoms with E-state index in [9.17, 15) is 14.0 Å². The number of halogens is 1. The Balaban J connectivity index is 1.68. The summed E-state index contributed by atoms with van der Waals surface area (Å²) in [6.45, 7) is 0. The average Bonchev–Trinajstić information content (AvgIpc) is 2.65. The summed E-state index contributed by atoms with van der Waals surface area (Å²) in [4.78, 5) is 23.5. The van der Waals surface area contributed by atoms with Gasteiger partial charge in [0.05, 0.1) is 0 Å². The molecule has 0 radical (unpaired) electrons. The molecule has 134 valence electrons. The number of nitrogens with one attached hydrogen (secondary N) is 3. The zero-order chi connectivity index (χ0) is 18.8. The number of hydrazine groups is 1. The van der Waals surface area contributed by atoms with Crippen LogP contribution in [0.1, 0.15) is 17.5 Å². The van der Waals surface area contributed by atoms with Gasteiger partial charge in [-0.2, -0.15) is 0 Å². The monoisotopic (exact) mass is 371 g/mol. The lowest BCUT2D eigenvalue weighted by molar-refractivity contribution is -0.121. The Kier molecular flexibility index (Phi) is 7.45. The van der Waals surface area contributed by atoms with Crippen molar-refractivity contribution in [2.45, 2.75) is 12.8 Å². The summed E-state index contributed by atoms with van der Waals surface area (Å²) in [5, 5.41) is 2.38. The van der Waals surface area contributed by atoms with Gasteiger partial charge >= 0.3 is 0 Å². The number of amides is 2. The van der Waals surface area contributed by atoms with Crippen molar-refractivity contribution in [3.8, 4) is 0 Å². The van der Waals surface area contributed by atoms with Gasteiger partial charge in [0.1, 0.15) is 5.82 Å². The fraction of sp³-hybridized carbons (Fsp3) is 0.105. The molecular formula is C19H18FN3O2S. The molecule has 0 aliphatic heterocycles. The quantitative estimate of drug-likeness (QED) is 0.429. The van der Waals surface area contributed by atoms with Gasteiger partial charge in [0.2, 0.25) is 11.8 Å². The van der Waals surface area contributed by atoms with Crippen molar-refractivity contribution in [1.82, 2.24) is 16.2 Å². The lowest BCUT2D eigenvalue weighted by Gasteiger charge is -2.09.